The van der Waals surface area contributed by atoms with Crippen LogP contribution in [0.5, 0.6) is 0 Å². The molecule has 0 radical (unpaired) electrons. The van der Waals surface area contributed by atoms with E-state index < -0.39 is 0 Å². The Balaban J connectivity index is 1.71. The van der Waals surface area contributed by atoms with Crippen molar-refractivity contribution in [3.63, 3.8) is 0 Å². The minimum absolute atomic E-state index is 0.891. The van der Waals surface area contributed by atoms with Crippen molar-refractivity contribution in [2.24, 2.45) is 0 Å². The van der Waals surface area contributed by atoms with Gasteiger partial charge in [0.2, 0.25) is 0 Å². The summed E-state index contributed by atoms with van der Waals surface area (Å²) in [4.78, 5) is 2.06. The minimum Gasteiger partial charge on any atom is -0.345 e. The van der Waals surface area contributed by atoms with Crippen LogP contribution in [0.2, 0.25) is 0 Å². The van der Waals surface area contributed by atoms with E-state index in [9.17, 15) is 0 Å². The van der Waals surface area contributed by atoms with E-state index >= 15 is 0 Å². The maximum atomic E-state index is 4.08. The van der Waals surface area contributed by atoms with Crippen molar-refractivity contribution in [2.45, 2.75) is 6.42 Å². The molecule has 0 unspecified atom stereocenters. The Labute approximate surface area is 167 Å². The molecular formula is C26H26N2. The van der Waals surface area contributed by atoms with Gasteiger partial charge in [0, 0.05) is 34.8 Å². The second-order valence-electron chi connectivity index (χ2n) is 6.81. The normalized spacial score (nSPS) is 10.9. The summed E-state index contributed by atoms with van der Waals surface area (Å²) in [6, 6.07) is 21.1. The maximum absolute atomic E-state index is 4.08. The second-order valence-corrected chi connectivity index (χ2v) is 6.81. The van der Waals surface area contributed by atoms with Gasteiger partial charge in [-0.15, -0.1) is 0 Å². The minimum atomic E-state index is 0.891. The summed E-state index contributed by atoms with van der Waals surface area (Å²) in [7, 11) is 2.01. The molecule has 0 bridgehead atoms. The van der Waals surface area contributed by atoms with Crippen LogP contribution in [0, 0.1) is 0 Å². The van der Waals surface area contributed by atoms with E-state index in [1.165, 1.54) is 11.1 Å². The van der Waals surface area contributed by atoms with Gasteiger partial charge in [0.15, 0.2) is 0 Å². The standard InChI is InChI=1S/C26H26N2/c1-6-7-8-20(2)27(5)25-15-11-23(12-16-25)19-24-13-17-26(18-14-24)28-21(3)9-10-22(28)4/h6-18H,1-4,19H2,5H3/b8-7-. The molecule has 140 valence electrons. The number of hydrogen-bond donors (Lipinski definition) is 0. The molecule has 1 heterocycles. The molecule has 3 aromatic rings. The first-order valence-corrected chi connectivity index (χ1v) is 9.25. The molecule has 0 atom stereocenters. The molecule has 1 aromatic heterocycles. The third-order valence-electron chi connectivity index (χ3n) is 4.82. The summed E-state index contributed by atoms with van der Waals surface area (Å²) >= 11 is 0. The molecule has 2 nitrogen and oxygen atoms in total. The van der Waals surface area contributed by atoms with E-state index in [0.717, 1.165) is 34.2 Å². The molecule has 0 spiro atoms. The number of hydrogen-bond acceptors (Lipinski definition) is 1. The summed E-state index contributed by atoms with van der Waals surface area (Å²) in [5.74, 6) is 0. The molecule has 28 heavy (non-hydrogen) atoms. The zero-order valence-corrected chi connectivity index (χ0v) is 16.4. The van der Waals surface area contributed by atoms with E-state index in [0.29, 0.717) is 0 Å². The first kappa shape index (κ1) is 19.2. The first-order chi connectivity index (χ1) is 13.5. The molecule has 0 aliphatic carbocycles. The highest BCUT2D eigenvalue weighted by molar-refractivity contribution is 5.54. The zero-order chi connectivity index (χ0) is 20.1. The number of anilines is 1. The van der Waals surface area contributed by atoms with E-state index in [-0.39, 0.29) is 0 Å². The van der Waals surface area contributed by atoms with Gasteiger partial charge >= 0.3 is 0 Å². The summed E-state index contributed by atoms with van der Waals surface area (Å²) in [6.07, 6.45) is 6.47. The quantitative estimate of drug-likeness (QED) is 0.556. The van der Waals surface area contributed by atoms with Gasteiger partial charge in [0.05, 0.1) is 0 Å². The van der Waals surface area contributed by atoms with Gasteiger partial charge in [-0.05, 0) is 60.0 Å². The van der Waals surface area contributed by atoms with Gasteiger partial charge in [-0.2, -0.15) is 0 Å². The lowest BCUT2D eigenvalue weighted by Gasteiger charge is -2.19. The van der Waals surface area contributed by atoms with Crippen LogP contribution >= 0.6 is 0 Å². The third-order valence-corrected chi connectivity index (χ3v) is 4.82. The van der Waals surface area contributed by atoms with Crippen LogP contribution < -0.4 is 15.6 Å². The molecule has 0 saturated carbocycles. The van der Waals surface area contributed by atoms with E-state index in [1.54, 1.807) is 6.08 Å². The SMILES string of the molecule is C=C/C=C\C(=C)N(C)c1ccc(Cc2ccc(-n3c(=C)ccc3=C)cc2)cc1. The molecule has 0 fully saturated rings. The second kappa shape index (κ2) is 8.45. The van der Waals surface area contributed by atoms with Crippen LogP contribution in [0.4, 0.5) is 5.69 Å². The van der Waals surface area contributed by atoms with Gasteiger partial charge in [-0.25, -0.2) is 0 Å². The highest BCUT2D eigenvalue weighted by atomic mass is 15.1. The monoisotopic (exact) mass is 366 g/mol. The van der Waals surface area contributed by atoms with Crippen molar-refractivity contribution in [3.8, 4) is 5.69 Å². The van der Waals surface area contributed by atoms with Gasteiger partial charge < -0.3 is 9.47 Å². The number of allylic oxidation sites excluding steroid dienone is 3. The number of aromatic nitrogens is 1. The lowest BCUT2D eigenvalue weighted by atomic mass is 10.0. The summed E-state index contributed by atoms with van der Waals surface area (Å²) < 4.78 is 2.06. The number of benzene rings is 2. The van der Waals surface area contributed by atoms with Crippen molar-refractivity contribution in [3.05, 3.63) is 120 Å². The van der Waals surface area contributed by atoms with Crippen molar-refractivity contribution in [1.82, 2.24) is 4.57 Å². The molecule has 2 aromatic carbocycles. The molecule has 0 N–H and O–H groups in total. The third kappa shape index (κ3) is 4.24. The van der Waals surface area contributed by atoms with Crippen LogP contribution in [-0.2, 0) is 6.42 Å². The fourth-order valence-corrected chi connectivity index (χ4v) is 3.15. The molecule has 0 aliphatic heterocycles. The van der Waals surface area contributed by atoms with E-state index in [4.69, 9.17) is 0 Å². The zero-order valence-electron chi connectivity index (χ0n) is 16.4. The largest absolute Gasteiger partial charge is 0.345 e. The highest BCUT2D eigenvalue weighted by Gasteiger charge is 2.04. The molecule has 3 rings (SSSR count). The van der Waals surface area contributed by atoms with Gasteiger partial charge in [0.25, 0.3) is 0 Å². The average Bonchev–Trinajstić information content (AvgIpc) is 3.05. The van der Waals surface area contributed by atoms with Crippen LogP contribution in [0.3, 0.4) is 0 Å². The van der Waals surface area contributed by atoms with Crippen molar-refractivity contribution in [2.75, 3.05) is 11.9 Å². The van der Waals surface area contributed by atoms with Gasteiger partial charge in [-0.1, -0.05) is 62.7 Å². The van der Waals surface area contributed by atoms with Gasteiger partial charge in [-0.3, -0.25) is 0 Å². The Hall–Kier alpha value is -3.52. The smallest absolute Gasteiger partial charge is 0.0461 e. The Morgan fingerprint density at radius 2 is 1.43 bits per heavy atom. The molecular weight excluding hydrogens is 340 g/mol. The highest BCUT2D eigenvalue weighted by Crippen LogP contribution is 2.20. The number of likely N-dealkylation sites (N-methyl/N-ethyl adjacent to an activating group) is 1. The topological polar surface area (TPSA) is 8.17 Å². The maximum Gasteiger partial charge on any atom is 0.0461 e. The number of nitrogens with zero attached hydrogens (tertiary/aromatic N) is 2. The Kier molecular flexibility index (Phi) is 5.81. The fraction of sp³-hybridized carbons (Fsp3) is 0.0769. The van der Waals surface area contributed by atoms with Crippen LogP contribution in [0.25, 0.3) is 18.8 Å². The van der Waals surface area contributed by atoms with E-state index in [2.05, 4.69) is 84.3 Å². The Bertz CT molecular complexity index is 1070. The average molecular weight is 367 g/mol. The molecule has 0 saturated heterocycles. The predicted octanol–water partition coefficient (Wildman–Crippen LogP) is 4.58. The lowest BCUT2D eigenvalue weighted by molar-refractivity contribution is 0.998. The van der Waals surface area contributed by atoms with Crippen molar-refractivity contribution < 1.29 is 0 Å². The lowest BCUT2D eigenvalue weighted by Crippen LogP contribution is -2.22. The molecule has 2 heteroatoms. The summed E-state index contributed by atoms with van der Waals surface area (Å²) in [5, 5.41) is 1.89. The first-order valence-electron chi connectivity index (χ1n) is 9.25. The molecule has 0 aliphatic rings. The van der Waals surface area contributed by atoms with E-state index in [1.807, 2.05) is 31.3 Å². The fourth-order valence-electron chi connectivity index (χ4n) is 3.15. The predicted molar refractivity (Wildman–Crippen MR) is 122 cm³/mol. The van der Waals surface area contributed by atoms with Gasteiger partial charge in [0.1, 0.15) is 0 Å². The van der Waals surface area contributed by atoms with Crippen LogP contribution in [0.1, 0.15) is 11.1 Å². The van der Waals surface area contributed by atoms with Crippen molar-refractivity contribution in [1.29, 1.82) is 0 Å². The van der Waals surface area contributed by atoms with Crippen molar-refractivity contribution >= 4 is 18.8 Å². The summed E-state index contributed by atoms with van der Waals surface area (Å²) in [5.41, 5.74) is 5.66. The van der Waals surface area contributed by atoms with Crippen LogP contribution in [-0.4, -0.2) is 11.6 Å². The van der Waals surface area contributed by atoms with Crippen LogP contribution in [0.15, 0.2) is 97.7 Å². The molecule has 0 amide bonds. The number of rotatable bonds is 7. The Morgan fingerprint density at radius 1 is 0.893 bits per heavy atom. The Morgan fingerprint density at radius 3 is 1.96 bits per heavy atom. The summed E-state index contributed by atoms with van der Waals surface area (Å²) in [6.45, 7) is 15.9.